The maximum atomic E-state index is 13.4. The Balaban J connectivity index is 1.39. The van der Waals surface area contributed by atoms with Gasteiger partial charge in [0.2, 0.25) is 11.9 Å². The van der Waals surface area contributed by atoms with Crippen LogP contribution in [0.4, 0.5) is 11.6 Å². The fraction of sp³-hybridized carbons (Fsp3) is 0.333. The van der Waals surface area contributed by atoms with Gasteiger partial charge in [0.25, 0.3) is 0 Å². The van der Waals surface area contributed by atoms with Crippen molar-refractivity contribution in [1.29, 1.82) is 0 Å². The third-order valence-electron chi connectivity index (χ3n) is 6.14. The molecule has 0 atom stereocenters. The second-order valence-electron chi connectivity index (χ2n) is 9.43. The van der Waals surface area contributed by atoms with Crippen LogP contribution in [0.2, 0.25) is 0 Å². The number of carbonyl (C=O) groups is 2. The zero-order valence-electron chi connectivity index (χ0n) is 19.5. The molecule has 0 unspecified atom stereocenters. The van der Waals surface area contributed by atoms with Crippen molar-refractivity contribution in [1.82, 2.24) is 29.3 Å². The molecule has 5 rings (SSSR count). The third-order valence-corrected chi connectivity index (χ3v) is 6.14. The minimum Gasteiger partial charge on any atom is -0.394 e. The maximum absolute atomic E-state index is 13.4. The van der Waals surface area contributed by atoms with Crippen LogP contribution in [0.5, 0.6) is 0 Å². The Labute approximate surface area is 201 Å². The molecule has 180 valence electrons. The second-order valence-corrected chi connectivity index (χ2v) is 9.43. The van der Waals surface area contributed by atoms with E-state index in [0.717, 1.165) is 5.56 Å². The monoisotopic (exact) mass is 474 g/mol. The van der Waals surface area contributed by atoms with E-state index in [1.807, 2.05) is 20.0 Å². The molecule has 4 heterocycles. The standard InChI is InChI=1S/C24H26N8O3/c1-24(2,13-33)32-11-19(18-9-27-23(25)30-22(18)32)21(35)15-5-17(8-26-6-15)29-20(34)12-31-10-16(7-28-31)14-3-4-14/h5-11,14,33H,3-4,12-13H2,1-2H3,(H,29,34)(H2,25,27,30). The zero-order valence-corrected chi connectivity index (χ0v) is 19.5. The molecule has 1 fully saturated rings. The Morgan fingerprint density at radius 1 is 1.20 bits per heavy atom. The Hall–Kier alpha value is -4.12. The summed E-state index contributed by atoms with van der Waals surface area (Å²) in [6.45, 7) is 3.54. The molecule has 11 heteroatoms. The fourth-order valence-electron chi connectivity index (χ4n) is 3.97. The number of fused-ring (bicyclic) bond motifs is 1. The number of nitrogens with two attached hydrogens (primary N) is 1. The number of aromatic nitrogens is 6. The number of ketones is 1. The lowest BCUT2D eigenvalue weighted by Crippen LogP contribution is -2.30. The van der Waals surface area contributed by atoms with E-state index >= 15 is 0 Å². The minimum absolute atomic E-state index is 0.0629. The van der Waals surface area contributed by atoms with Gasteiger partial charge >= 0.3 is 0 Å². The van der Waals surface area contributed by atoms with Gasteiger partial charge in [0, 0.05) is 35.7 Å². The molecule has 0 radical (unpaired) electrons. The lowest BCUT2D eigenvalue weighted by atomic mass is 10.1. The van der Waals surface area contributed by atoms with E-state index in [-0.39, 0.29) is 36.4 Å². The number of nitrogen functional groups attached to an aromatic ring is 1. The van der Waals surface area contributed by atoms with Gasteiger partial charge in [-0.1, -0.05) is 0 Å². The van der Waals surface area contributed by atoms with Crippen molar-refractivity contribution in [3.63, 3.8) is 0 Å². The Morgan fingerprint density at radius 2 is 2.00 bits per heavy atom. The van der Waals surface area contributed by atoms with Crippen LogP contribution in [-0.2, 0) is 16.9 Å². The first-order chi connectivity index (χ1) is 16.7. The van der Waals surface area contributed by atoms with Crippen molar-refractivity contribution in [2.45, 2.75) is 44.7 Å². The zero-order chi connectivity index (χ0) is 24.7. The van der Waals surface area contributed by atoms with E-state index in [0.29, 0.717) is 28.2 Å². The van der Waals surface area contributed by atoms with Crippen molar-refractivity contribution >= 4 is 34.4 Å². The SMILES string of the molecule is CC(C)(CO)n1cc(C(=O)c2cncc(NC(=O)Cn3cc(C4CC4)cn3)c2)c2cnc(N)nc21. The van der Waals surface area contributed by atoms with E-state index in [9.17, 15) is 14.7 Å². The summed E-state index contributed by atoms with van der Waals surface area (Å²) in [5.74, 6) is 0.0412. The molecule has 1 aliphatic rings. The summed E-state index contributed by atoms with van der Waals surface area (Å²) < 4.78 is 3.32. The van der Waals surface area contributed by atoms with Crippen LogP contribution in [0.1, 0.15) is 54.1 Å². The van der Waals surface area contributed by atoms with E-state index < -0.39 is 5.54 Å². The number of rotatable bonds is 8. The van der Waals surface area contributed by atoms with Crippen LogP contribution in [0.15, 0.2) is 43.2 Å². The predicted octanol–water partition coefficient (Wildman–Crippen LogP) is 2.08. The smallest absolute Gasteiger partial charge is 0.246 e. The largest absolute Gasteiger partial charge is 0.394 e. The highest BCUT2D eigenvalue weighted by Crippen LogP contribution is 2.39. The Bertz CT molecular complexity index is 1430. The highest BCUT2D eigenvalue weighted by molar-refractivity contribution is 6.16. The normalized spacial score (nSPS) is 13.8. The predicted molar refractivity (Wildman–Crippen MR) is 129 cm³/mol. The molecule has 1 amide bonds. The summed E-state index contributed by atoms with van der Waals surface area (Å²) in [6, 6.07) is 1.57. The number of anilines is 2. The van der Waals surface area contributed by atoms with Crippen LogP contribution in [0, 0.1) is 0 Å². The molecule has 4 aromatic heterocycles. The van der Waals surface area contributed by atoms with Crippen LogP contribution in [0.3, 0.4) is 0 Å². The number of nitrogens with one attached hydrogen (secondary N) is 1. The molecule has 0 bridgehead atoms. The van der Waals surface area contributed by atoms with Gasteiger partial charge in [-0.3, -0.25) is 19.3 Å². The van der Waals surface area contributed by atoms with Gasteiger partial charge in [-0.25, -0.2) is 4.98 Å². The number of hydrogen-bond donors (Lipinski definition) is 3. The topological polar surface area (TPSA) is 154 Å². The van der Waals surface area contributed by atoms with Crippen LogP contribution < -0.4 is 11.1 Å². The summed E-state index contributed by atoms with van der Waals surface area (Å²) in [7, 11) is 0. The number of pyridine rings is 1. The summed E-state index contributed by atoms with van der Waals surface area (Å²) in [4.78, 5) is 38.4. The molecule has 0 aromatic carbocycles. The highest BCUT2D eigenvalue weighted by Gasteiger charge is 2.27. The third kappa shape index (κ3) is 4.50. The van der Waals surface area contributed by atoms with E-state index in [1.54, 1.807) is 27.7 Å². The first kappa shape index (κ1) is 22.7. The molecule has 0 saturated heterocycles. The van der Waals surface area contributed by atoms with Crippen LogP contribution >= 0.6 is 0 Å². The summed E-state index contributed by atoms with van der Waals surface area (Å²) in [5, 5.41) is 17.4. The number of aliphatic hydroxyl groups excluding tert-OH is 1. The number of hydrogen-bond acceptors (Lipinski definition) is 8. The van der Waals surface area contributed by atoms with Gasteiger partial charge in [0.1, 0.15) is 12.2 Å². The average molecular weight is 475 g/mol. The lowest BCUT2D eigenvalue weighted by Gasteiger charge is -2.24. The molecule has 1 aliphatic carbocycles. The Kier molecular flexibility index (Phi) is 5.56. The quantitative estimate of drug-likeness (QED) is 0.328. The van der Waals surface area contributed by atoms with E-state index in [1.165, 1.54) is 31.4 Å². The van der Waals surface area contributed by atoms with Crippen molar-refractivity contribution in [3.05, 3.63) is 59.9 Å². The minimum atomic E-state index is -0.725. The average Bonchev–Trinajstić information content (AvgIpc) is 3.46. The number of nitrogens with zero attached hydrogens (tertiary/aromatic N) is 6. The summed E-state index contributed by atoms with van der Waals surface area (Å²) in [6.07, 6.45) is 12.1. The van der Waals surface area contributed by atoms with Crippen molar-refractivity contribution in [2.24, 2.45) is 0 Å². The highest BCUT2D eigenvalue weighted by atomic mass is 16.3. The molecule has 0 spiro atoms. The molecule has 11 nitrogen and oxygen atoms in total. The van der Waals surface area contributed by atoms with Crippen LogP contribution in [-0.4, -0.2) is 52.7 Å². The van der Waals surface area contributed by atoms with Gasteiger partial charge < -0.3 is 20.7 Å². The van der Waals surface area contributed by atoms with E-state index in [2.05, 4.69) is 25.4 Å². The molecule has 1 saturated carbocycles. The summed E-state index contributed by atoms with van der Waals surface area (Å²) in [5.41, 5.74) is 7.68. The Morgan fingerprint density at radius 3 is 2.74 bits per heavy atom. The van der Waals surface area contributed by atoms with Crippen molar-refractivity contribution < 1.29 is 14.7 Å². The summed E-state index contributed by atoms with van der Waals surface area (Å²) >= 11 is 0. The first-order valence-corrected chi connectivity index (χ1v) is 11.3. The van der Waals surface area contributed by atoms with Crippen molar-refractivity contribution in [2.75, 3.05) is 17.7 Å². The molecule has 4 N–H and O–H groups in total. The number of carbonyl (C=O) groups excluding carboxylic acids is 2. The van der Waals surface area contributed by atoms with Gasteiger partial charge in [-0.15, -0.1) is 0 Å². The molecule has 4 aromatic rings. The van der Waals surface area contributed by atoms with Gasteiger partial charge in [-0.05, 0) is 44.2 Å². The molecular formula is C24H26N8O3. The number of amides is 1. The fourth-order valence-corrected chi connectivity index (χ4v) is 3.97. The molecule has 35 heavy (non-hydrogen) atoms. The lowest BCUT2D eigenvalue weighted by molar-refractivity contribution is -0.116. The van der Waals surface area contributed by atoms with Gasteiger partial charge in [0.05, 0.1) is 35.8 Å². The maximum Gasteiger partial charge on any atom is 0.246 e. The molecular weight excluding hydrogens is 448 g/mol. The number of aliphatic hydroxyl groups is 1. The van der Waals surface area contributed by atoms with E-state index in [4.69, 9.17) is 5.73 Å². The second kappa shape index (κ2) is 8.58. The molecule has 0 aliphatic heterocycles. The van der Waals surface area contributed by atoms with Crippen molar-refractivity contribution in [3.8, 4) is 0 Å². The van der Waals surface area contributed by atoms with Gasteiger partial charge in [-0.2, -0.15) is 10.1 Å². The van der Waals surface area contributed by atoms with Gasteiger partial charge in [0.15, 0.2) is 5.78 Å². The van der Waals surface area contributed by atoms with Crippen LogP contribution in [0.25, 0.3) is 11.0 Å². The first-order valence-electron chi connectivity index (χ1n) is 11.3.